The van der Waals surface area contributed by atoms with Crippen molar-refractivity contribution in [2.75, 3.05) is 0 Å². The number of rotatable bonds is 0. The Bertz CT molecular complexity index is 53.1. The highest BCUT2D eigenvalue weighted by molar-refractivity contribution is 7.27. The first-order valence-electron chi connectivity index (χ1n) is 0.913. The van der Waals surface area contributed by atoms with E-state index in [1.165, 1.54) is 0 Å². The van der Waals surface area contributed by atoms with E-state index in [0.29, 0.717) is 0 Å². The van der Waals surface area contributed by atoms with Gasteiger partial charge in [-0.1, -0.05) is 4.57 Å². The van der Waals surface area contributed by atoms with Crippen LogP contribution in [0, 0.1) is 0 Å². The molecule has 0 rings (SSSR count). The molecule has 0 saturated heterocycles. The van der Waals surface area contributed by atoms with Crippen LogP contribution in [0.4, 0.5) is 0 Å². The maximum Gasteiger partial charge on any atom is 0.276 e. The summed E-state index contributed by atoms with van der Waals surface area (Å²) in [4.78, 5) is 25.3. The molecule has 0 fully saturated rings. The fourth-order valence-corrected chi connectivity index (χ4v) is 0. The Kier molecular flexibility index (Phi) is 13.7. The maximum atomic E-state index is 8.48. The summed E-state index contributed by atoms with van der Waals surface area (Å²) >= 11 is 0. The molecule has 0 saturated carbocycles. The maximum absolute atomic E-state index is 8.48. The van der Waals surface area contributed by atoms with Crippen LogP contribution in [0.3, 0.4) is 0 Å². The minimum Gasteiger partial charge on any atom is -0.772 e. The van der Waals surface area contributed by atoms with Crippen molar-refractivity contribution in [3.63, 3.8) is 0 Å². The van der Waals surface area contributed by atoms with Gasteiger partial charge in [0.1, 0.15) is 0 Å². The van der Waals surface area contributed by atoms with Gasteiger partial charge in [0.25, 0.3) is 8.25 Å². The van der Waals surface area contributed by atoms with E-state index in [2.05, 4.69) is 0 Å². The second-order valence-corrected chi connectivity index (χ2v) is 0.894. The zero-order valence-corrected chi connectivity index (χ0v) is 4.72. The van der Waals surface area contributed by atoms with Crippen LogP contribution in [0.2, 0.25) is 0 Å². The molecule has 0 unspecified atom stereocenters. The van der Waals surface area contributed by atoms with Gasteiger partial charge in [0, 0.05) is 0 Å². The van der Waals surface area contributed by atoms with Crippen molar-refractivity contribution in [2.45, 2.75) is 0 Å². The first kappa shape index (κ1) is 10.1. The molecule has 0 bridgehead atoms. The van der Waals surface area contributed by atoms with Gasteiger partial charge in [0.2, 0.25) is 0 Å². The van der Waals surface area contributed by atoms with Crippen LogP contribution in [0.5, 0.6) is 0 Å². The average Bonchev–Trinajstić information content (AvgIpc) is 1.33. The van der Waals surface area contributed by atoms with Crippen LogP contribution in [-0.2, 0) is 9.13 Å². The summed E-state index contributed by atoms with van der Waals surface area (Å²) < 4.78 is 16.8. The Hall–Kier alpha value is 0.0800. The van der Waals surface area contributed by atoms with Crippen molar-refractivity contribution in [3.05, 3.63) is 0 Å². The smallest absolute Gasteiger partial charge is 0.276 e. The van der Waals surface area contributed by atoms with E-state index in [1.54, 1.807) is 0 Å². The quantitative estimate of drug-likeness (QED) is 0.361. The van der Waals surface area contributed by atoms with Gasteiger partial charge in [-0.05, 0) is 0 Å². The van der Waals surface area contributed by atoms with Crippen LogP contribution in [0.15, 0.2) is 0 Å². The Morgan fingerprint density at radius 2 is 1.43 bits per heavy atom. The van der Waals surface area contributed by atoms with Gasteiger partial charge in [0.05, 0.1) is 8.69 Å². The molecule has 5 nitrogen and oxygen atoms in total. The Morgan fingerprint density at radius 1 is 1.43 bits per heavy atom. The highest BCUT2D eigenvalue weighted by atomic mass is 31.1. The van der Waals surface area contributed by atoms with Crippen LogP contribution >= 0.6 is 16.9 Å². The highest BCUT2D eigenvalue weighted by Crippen LogP contribution is 1.79. The molecular weight excluding hydrogens is 142 g/mol. The molecule has 0 heterocycles. The van der Waals surface area contributed by atoms with E-state index in [9.17, 15) is 0 Å². The van der Waals surface area contributed by atoms with Gasteiger partial charge in [-0.25, -0.2) is 0 Å². The Morgan fingerprint density at radius 3 is 1.43 bits per heavy atom. The van der Waals surface area contributed by atoms with Crippen LogP contribution in [-0.4, -0.2) is 0 Å². The zero-order valence-electron chi connectivity index (χ0n) is 2.94. The molecule has 0 radical (unpaired) electrons. The molecule has 0 N–H and O–H groups in total. The van der Waals surface area contributed by atoms with Crippen molar-refractivity contribution in [3.8, 4) is 0 Å². The lowest BCUT2D eigenvalue weighted by Crippen LogP contribution is -1.97. The second-order valence-electron chi connectivity index (χ2n) is 0.298. The van der Waals surface area contributed by atoms with Gasteiger partial charge < -0.3 is 14.7 Å². The molecule has 0 aliphatic carbocycles. The SMILES string of the molecule is O=P[O-].O=[P+]([O-])[O-]. The van der Waals surface area contributed by atoms with E-state index in [4.69, 9.17) is 23.8 Å². The molecular formula is O5P2-2. The van der Waals surface area contributed by atoms with E-state index in [0.717, 1.165) is 0 Å². The highest BCUT2D eigenvalue weighted by Gasteiger charge is 1.53. The minimum atomic E-state index is -3.37. The summed E-state index contributed by atoms with van der Waals surface area (Å²) in [7, 11) is -4.45. The third-order valence-electron chi connectivity index (χ3n) is 0. The largest absolute Gasteiger partial charge is 0.772 e. The van der Waals surface area contributed by atoms with Crippen molar-refractivity contribution in [2.24, 2.45) is 0 Å². The third-order valence-corrected chi connectivity index (χ3v) is 0. The van der Waals surface area contributed by atoms with E-state index in [1.807, 2.05) is 0 Å². The zero-order chi connectivity index (χ0) is 6.28. The fourth-order valence-electron chi connectivity index (χ4n) is 0. The first-order valence-corrected chi connectivity index (χ1v) is 2.74. The standard InChI is InChI=1S/HO3P.HO2P/c1-4(2)3;1-3-2/h(H,1,2,3);(H,1,2)/p-2. The molecule has 0 atom stereocenters. The molecule has 7 heteroatoms. The molecule has 0 amide bonds. The van der Waals surface area contributed by atoms with Crippen LogP contribution in [0.1, 0.15) is 0 Å². The van der Waals surface area contributed by atoms with E-state index >= 15 is 0 Å². The van der Waals surface area contributed by atoms with Gasteiger partial charge in [-0.15, -0.1) is 0 Å². The predicted octanol–water partition coefficient (Wildman–Crippen LogP) is -2.08. The molecule has 0 aliphatic heterocycles. The normalized spacial score (nSPS) is 6.71. The monoisotopic (exact) mass is 142 g/mol. The summed E-state index contributed by atoms with van der Waals surface area (Å²) in [5.74, 6) is 0. The molecule has 7 heavy (non-hydrogen) atoms. The summed E-state index contributed by atoms with van der Waals surface area (Å²) in [6.45, 7) is 0. The van der Waals surface area contributed by atoms with Crippen molar-refractivity contribution in [1.82, 2.24) is 0 Å². The Balaban J connectivity index is 0. The average molecular weight is 142 g/mol. The lowest BCUT2D eigenvalue weighted by Gasteiger charge is -1.75. The van der Waals surface area contributed by atoms with Gasteiger partial charge in [-0.3, -0.25) is 4.57 Å². The van der Waals surface area contributed by atoms with Crippen molar-refractivity contribution in [1.29, 1.82) is 0 Å². The fraction of sp³-hybridized carbons (Fsp3) is 0. The lowest BCUT2D eigenvalue weighted by molar-refractivity contribution is -0.297. The molecule has 42 valence electrons. The summed E-state index contributed by atoms with van der Waals surface area (Å²) in [5, 5.41) is 0. The summed E-state index contributed by atoms with van der Waals surface area (Å²) in [5.41, 5.74) is 0. The topological polar surface area (TPSA) is 103 Å². The summed E-state index contributed by atoms with van der Waals surface area (Å²) in [6, 6.07) is 0. The second kappa shape index (κ2) is 9.43. The first-order chi connectivity index (χ1) is 3.15. The lowest BCUT2D eigenvalue weighted by atomic mass is 15.8. The molecule has 0 aliphatic rings. The number of hydrogen-bond acceptors (Lipinski definition) is 5. The van der Waals surface area contributed by atoms with Crippen LogP contribution < -0.4 is 14.7 Å². The van der Waals surface area contributed by atoms with E-state index in [-0.39, 0.29) is 0 Å². The number of hydrogen-bond donors (Lipinski definition) is 0. The van der Waals surface area contributed by atoms with Gasteiger partial charge >= 0.3 is 0 Å². The third kappa shape index (κ3) is 15800. The molecule has 0 aromatic heterocycles. The van der Waals surface area contributed by atoms with Crippen LogP contribution in [0.25, 0.3) is 0 Å². The predicted molar refractivity (Wildman–Crippen MR) is 15.2 cm³/mol. The van der Waals surface area contributed by atoms with Crippen molar-refractivity contribution < 1.29 is 23.8 Å². The molecule has 0 aromatic carbocycles. The van der Waals surface area contributed by atoms with Gasteiger partial charge in [0.15, 0.2) is 0 Å². The Labute approximate surface area is 41.8 Å². The summed E-state index contributed by atoms with van der Waals surface area (Å²) in [6.07, 6.45) is 0. The van der Waals surface area contributed by atoms with E-state index < -0.39 is 16.9 Å². The molecule has 0 aromatic rings. The van der Waals surface area contributed by atoms with Gasteiger partial charge in [-0.2, -0.15) is 0 Å². The minimum absolute atomic E-state index is 1.08. The molecule has 0 spiro atoms. The van der Waals surface area contributed by atoms with Crippen molar-refractivity contribution >= 4 is 16.9 Å².